The summed E-state index contributed by atoms with van der Waals surface area (Å²) in [4.78, 5) is 11.8. The molecule has 1 aromatic heterocycles. The van der Waals surface area contributed by atoms with E-state index in [1.54, 1.807) is 0 Å². The zero-order valence-corrected chi connectivity index (χ0v) is 9.36. The first-order valence-electron chi connectivity index (χ1n) is 5.35. The number of aryl methyl sites for hydroxylation is 1. The standard InChI is InChI=1S/C11H19N3O/c1-3-6-14-7-4-5-10(14)11(15)13-9(2)8-12/h4-5,7,9H,3,6,8,12H2,1-2H3,(H,13,15). The molecule has 0 saturated carbocycles. The fraction of sp³-hybridized carbons (Fsp3) is 0.545. The second-order valence-electron chi connectivity index (χ2n) is 3.70. The summed E-state index contributed by atoms with van der Waals surface area (Å²) in [6.45, 7) is 5.31. The van der Waals surface area contributed by atoms with Crippen LogP contribution >= 0.6 is 0 Å². The van der Waals surface area contributed by atoms with Gasteiger partial charge < -0.3 is 15.6 Å². The maximum Gasteiger partial charge on any atom is 0.268 e. The Bertz CT molecular complexity index is 319. The lowest BCUT2D eigenvalue weighted by atomic mass is 10.3. The Kier molecular flexibility index (Phi) is 4.37. The van der Waals surface area contributed by atoms with Gasteiger partial charge in [0.2, 0.25) is 0 Å². The van der Waals surface area contributed by atoms with Gasteiger partial charge in [-0.3, -0.25) is 4.79 Å². The predicted molar refractivity (Wildman–Crippen MR) is 60.7 cm³/mol. The molecule has 1 rings (SSSR count). The molecule has 4 nitrogen and oxygen atoms in total. The van der Waals surface area contributed by atoms with Gasteiger partial charge in [0, 0.05) is 25.3 Å². The smallest absolute Gasteiger partial charge is 0.268 e. The Labute approximate surface area is 90.5 Å². The summed E-state index contributed by atoms with van der Waals surface area (Å²) in [5.74, 6) is -0.0496. The molecular formula is C11H19N3O. The minimum absolute atomic E-state index is 0.0162. The fourth-order valence-corrected chi connectivity index (χ4v) is 1.41. The van der Waals surface area contributed by atoms with Crippen LogP contribution in [0, 0.1) is 0 Å². The molecule has 0 saturated heterocycles. The molecule has 0 spiro atoms. The molecule has 1 amide bonds. The molecule has 1 heterocycles. The van der Waals surface area contributed by atoms with Crippen molar-refractivity contribution in [3.05, 3.63) is 24.0 Å². The lowest BCUT2D eigenvalue weighted by Crippen LogP contribution is -2.38. The molecule has 1 unspecified atom stereocenters. The zero-order valence-electron chi connectivity index (χ0n) is 9.36. The molecule has 0 aliphatic heterocycles. The van der Waals surface area contributed by atoms with Crippen LogP contribution in [0.15, 0.2) is 18.3 Å². The van der Waals surface area contributed by atoms with E-state index < -0.39 is 0 Å². The van der Waals surface area contributed by atoms with Crippen LogP contribution in [0.25, 0.3) is 0 Å². The highest BCUT2D eigenvalue weighted by Gasteiger charge is 2.11. The largest absolute Gasteiger partial charge is 0.347 e. The number of amides is 1. The third-order valence-electron chi connectivity index (χ3n) is 2.26. The molecule has 0 aliphatic rings. The Balaban J connectivity index is 2.68. The Morgan fingerprint density at radius 1 is 1.67 bits per heavy atom. The van der Waals surface area contributed by atoms with Crippen molar-refractivity contribution in [2.45, 2.75) is 32.9 Å². The number of aromatic nitrogens is 1. The third-order valence-corrected chi connectivity index (χ3v) is 2.26. The van der Waals surface area contributed by atoms with Crippen LogP contribution in [0.4, 0.5) is 0 Å². The van der Waals surface area contributed by atoms with Crippen LogP contribution in [0.2, 0.25) is 0 Å². The summed E-state index contributed by atoms with van der Waals surface area (Å²) in [5, 5.41) is 2.85. The summed E-state index contributed by atoms with van der Waals surface area (Å²) < 4.78 is 1.96. The van der Waals surface area contributed by atoms with Crippen molar-refractivity contribution in [2.75, 3.05) is 6.54 Å². The first-order valence-corrected chi connectivity index (χ1v) is 5.35. The number of carbonyl (C=O) groups excluding carboxylic acids is 1. The van der Waals surface area contributed by atoms with E-state index in [2.05, 4.69) is 12.2 Å². The van der Waals surface area contributed by atoms with Crippen LogP contribution in [0.5, 0.6) is 0 Å². The van der Waals surface area contributed by atoms with Gasteiger partial charge in [-0.25, -0.2) is 0 Å². The number of hydrogen-bond acceptors (Lipinski definition) is 2. The third kappa shape index (κ3) is 3.09. The molecule has 15 heavy (non-hydrogen) atoms. The molecule has 84 valence electrons. The molecule has 0 aliphatic carbocycles. The van der Waals surface area contributed by atoms with Crippen molar-refractivity contribution in [3.8, 4) is 0 Å². The van der Waals surface area contributed by atoms with Gasteiger partial charge in [0.05, 0.1) is 0 Å². The molecule has 4 heteroatoms. The Morgan fingerprint density at radius 3 is 3.00 bits per heavy atom. The quantitative estimate of drug-likeness (QED) is 0.759. The van der Waals surface area contributed by atoms with E-state index >= 15 is 0 Å². The molecule has 3 N–H and O–H groups in total. The van der Waals surface area contributed by atoms with Gasteiger partial charge in [-0.05, 0) is 25.5 Å². The van der Waals surface area contributed by atoms with Gasteiger partial charge in [-0.2, -0.15) is 0 Å². The van der Waals surface area contributed by atoms with E-state index in [4.69, 9.17) is 5.73 Å². The van der Waals surface area contributed by atoms with E-state index in [-0.39, 0.29) is 11.9 Å². The maximum absolute atomic E-state index is 11.8. The number of carbonyl (C=O) groups is 1. The van der Waals surface area contributed by atoms with Crippen molar-refractivity contribution >= 4 is 5.91 Å². The van der Waals surface area contributed by atoms with E-state index in [9.17, 15) is 4.79 Å². The summed E-state index contributed by atoms with van der Waals surface area (Å²) in [5.41, 5.74) is 6.15. The topological polar surface area (TPSA) is 60.0 Å². The van der Waals surface area contributed by atoms with Gasteiger partial charge in [0.1, 0.15) is 5.69 Å². The minimum Gasteiger partial charge on any atom is -0.347 e. The van der Waals surface area contributed by atoms with Crippen LogP contribution in [-0.2, 0) is 6.54 Å². The molecular weight excluding hydrogens is 190 g/mol. The van der Waals surface area contributed by atoms with E-state index in [0.29, 0.717) is 12.2 Å². The average molecular weight is 209 g/mol. The van der Waals surface area contributed by atoms with Crippen LogP contribution < -0.4 is 11.1 Å². The predicted octanol–water partition coefficient (Wildman–Crippen LogP) is 0.975. The lowest BCUT2D eigenvalue weighted by molar-refractivity contribution is 0.0932. The molecule has 1 atom stereocenters. The second kappa shape index (κ2) is 5.56. The lowest BCUT2D eigenvalue weighted by Gasteiger charge is -2.12. The fourth-order valence-electron chi connectivity index (χ4n) is 1.41. The van der Waals surface area contributed by atoms with E-state index in [1.807, 2.05) is 29.8 Å². The number of nitrogens with zero attached hydrogens (tertiary/aromatic N) is 1. The summed E-state index contributed by atoms with van der Waals surface area (Å²) >= 11 is 0. The first-order chi connectivity index (χ1) is 7.19. The molecule has 0 fully saturated rings. The summed E-state index contributed by atoms with van der Waals surface area (Å²) in [6.07, 6.45) is 2.94. The maximum atomic E-state index is 11.8. The second-order valence-corrected chi connectivity index (χ2v) is 3.70. The number of hydrogen-bond donors (Lipinski definition) is 2. The summed E-state index contributed by atoms with van der Waals surface area (Å²) in [7, 11) is 0. The van der Waals surface area contributed by atoms with Crippen molar-refractivity contribution < 1.29 is 4.79 Å². The molecule has 0 bridgehead atoms. The zero-order chi connectivity index (χ0) is 11.3. The minimum atomic E-state index is -0.0496. The highest BCUT2D eigenvalue weighted by molar-refractivity contribution is 5.92. The van der Waals surface area contributed by atoms with Crippen LogP contribution in [0.3, 0.4) is 0 Å². The molecule has 0 radical (unpaired) electrons. The van der Waals surface area contributed by atoms with Gasteiger partial charge in [-0.15, -0.1) is 0 Å². The van der Waals surface area contributed by atoms with Crippen LogP contribution in [0.1, 0.15) is 30.8 Å². The summed E-state index contributed by atoms with van der Waals surface area (Å²) in [6, 6.07) is 3.73. The van der Waals surface area contributed by atoms with Crippen molar-refractivity contribution in [3.63, 3.8) is 0 Å². The van der Waals surface area contributed by atoms with E-state index in [1.165, 1.54) is 0 Å². The highest BCUT2D eigenvalue weighted by Crippen LogP contribution is 2.03. The van der Waals surface area contributed by atoms with Gasteiger partial charge in [0.25, 0.3) is 5.91 Å². The van der Waals surface area contributed by atoms with Crippen molar-refractivity contribution in [1.29, 1.82) is 0 Å². The van der Waals surface area contributed by atoms with E-state index in [0.717, 1.165) is 13.0 Å². The Hall–Kier alpha value is -1.29. The van der Waals surface area contributed by atoms with Crippen molar-refractivity contribution in [1.82, 2.24) is 9.88 Å². The first kappa shape index (κ1) is 11.8. The molecule has 0 aromatic carbocycles. The monoisotopic (exact) mass is 209 g/mol. The average Bonchev–Trinajstić information content (AvgIpc) is 2.66. The number of nitrogens with two attached hydrogens (primary N) is 1. The van der Waals surface area contributed by atoms with Gasteiger partial charge in [-0.1, -0.05) is 6.92 Å². The van der Waals surface area contributed by atoms with Gasteiger partial charge >= 0.3 is 0 Å². The highest BCUT2D eigenvalue weighted by atomic mass is 16.2. The normalized spacial score (nSPS) is 12.5. The molecule has 1 aromatic rings. The number of nitrogens with one attached hydrogen (secondary N) is 1. The van der Waals surface area contributed by atoms with Crippen LogP contribution in [-0.4, -0.2) is 23.1 Å². The van der Waals surface area contributed by atoms with Crippen molar-refractivity contribution in [2.24, 2.45) is 5.73 Å². The SMILES string of the molecule is CCCn1cccc1C(=O)NC(C)CN. The number of rotatable bonds is 5. The van der Waals surface area contributed by atoms with Gasteiger partial charge in [0.15, 0.2) is 0 Å². The Morgan fingerprint density at radius 2 is 2.40 bits per heavy atom.